The van der Waals surface area contributed by atoms with Gasteiger partial charge < -0.3 is 14.8 Å². The van der Waals surface area contributed by atoms with E-state index in [0.29, 0.717) is 25.4 Å². The number of piperidine rings is 1. The average molecular weight is 385 g/mol. The largest absolute Gasteiger partial charge is 0.348 e. The molecule has 27 heavy (non-hydrogen) atoms. The van der Waals surface area contributed by atoms with Gasteiger partial charge in [-0.2, -0.15) is 11.3 Å². The summed E-state index contributed by atoms with van der Waals surface area (Å²) in [5, 5.41) is 4.05. The minimum atomic E-state index is -0.341. The maximum Gasteiger partial charge on any atom is 0.227 e. The van der Waals surface area contributed by atoms with Crippen LogP contribution < -0.4 is 0 Å². The maximum atomic E-state index is 13.0. The Hall–Kier alpha value is -2.15. The zero-order valence-corrected chi connectivity index (χ0v) is 16.1. The summed E-state index contributed by atoms with van der Waals surface area (Å²) in [5.41, 5.74) is 2.94. The second-order valence-corrected chi connectivity index (χ2v) is 8.74. The number of nitrogens with zero attached hydrogens (tertiary/aromatic N) is 3. The van der Waals surface area contributed by atoms with E-state index in [1.807, 2.05) is 21.7 Å². The Morgan fingerprint density at radius 2 is 2.07 bits per heavy atom. The van der Waals surface area contributed by atoms with Gasteiger partial charge in [0.2, 0.25) is 11.8 Å². The minimum absolute atomic E-state index is 0.182. The van der Waals surface area contributed by atoms with Gasteiger partial charge in [-0.05, 0) is 48.1 Å². The number of rotatable bonds is 3. The highest BCUT2D eigenvalue weighted by Crippen LogP contribution is 2.45. The summed E-state index contributed by atoms with van der Waals surface area (Å²) >= 11 is 1.62. The summed E-state index contributed by atoms with van der Waals surface area (Å²) in [6, 6.07) is 2.02. The number of nitrogens with one attached hydrogen (secondary N) is 1. The van der Waals surface area contributed by atoms with Crippen molar-refractivity contribution in [3.63, 3.8) is 0 Å². The van der Waals surface area contributed by atoms with Crippen LogP contribution in [0.2, 0.25) is 0 Å². The number of carbonyl (C=O) groups is 2. The molecule has 3 aliphatic rings. The second kappa shape index (κ2) is 6.48. The van der Waals surface area contributed by atoms with Crippen LogP contribution in [0.4, 0.5) is 0 Å². The molecular formula is C20H24N4O2S. The molecule has 4 heterocycles. The van der Waals surface area contributed by atoms with Gasteiger partial charge in [0.1, 0.15) is 0 Å². The molecule has 6 nitrogen and oxygen atoms in total. The van der Waals surface area contributed by atoms with Gasteiger partial charge in [0.15, 0.2) is 0 Å². The van der Waals surface area contributed by atoms with Crippen LogP contribution in [0.25, 0.3) is 0 Å². The molecular weight excluding hydrogens is 360 g/mol. The molecule has 1 aliphatic carbocycles. The fraction of sp³-hybridized carbons (Fsp3) is 0.550. The van der Waals surface area contributed by atoms with Crippen LogP contribution >= 0.6 is 11.3 Å². The first-order valence-corrected chi connectivity index (χ1v) is 10.7. The van der Waals surface area contributed by atoms with E-state index in [1.54, 1.807) is 17.7 Å². The van der Waals surface area contributed by atoms with Crippen LogP contribution in [0.3, 0.4) is 0 Å². The highest BCUT2D eigenvalue weighted by atomic mass is 32.1. The summed E-state index contributed by atoms with van der Waals surface area (Å²) in [6.45, 7) is 2.13. The number of hydrogen-bond acceptors (Lipinski definition) is 4. The summed E-state index contributed by atoms with van der Waals surface area (Å²) in [4.78, 5) is 37.7. The third-order valence-electron chi connectivity index (χ3n) is 6.33. The van der Waals surface area contributed by atoms with Gasteiger partial charge >= 0.3 is 0 Å². The number of aromatic nitrogens is 2. The van der Waals surface area contributed by atoms with E-state index < -0.39 is 0 Å². The van der Waals surface area contributed by atoms with Gasteiger partial charge in [0, 0.05) is 37.7 Å². The number of imidazole rings is 1. The predicted octanol–water partition coefficient (Wildman–Crippen LogP) is 2.33. The number of aromatic amines is 1. The number of hydrogen-bond donors (Lipinski definition) is 1. The van der Waals surface area contributed by atoms with E-state index in [1.165, 1.54) is 0 Å². The van der Waals surface area contributed by atoms with E-state index in [4.69, 9.17) is 0 Å². The quantitative estimate of drug-likeness (QED) is 0.883. The Balaban J connectivity index is 1.36. The van der Waals surface area contributed by atoms with Gasteiger partial charge in [-0.15, -0.1) is 0 Å². The third kappa shape index (κ3) is 2.88. The number of amides is 2. The van der Waals surface area contributed by atoms with Crippen LogP contribution in [-0.2, 0) is 28.0 Å². The molecule has 2 aromatic rings. The lowest BCUT2D eigenvalue weighted by atomic mass is 9.78. The first kappa shape index (κ1) is 17.0. The van der Waals surface area contributed by atoms with E-state index >= 15 is 0 Å². The highest BCUT2D eigenvalue weighted by Gasteiger charge is 2.51. The van der Waals surface area contributed by atoms with Crippen molar-refractivity contribution in [2.24, 2.45) is 5.92 Å². The average Bonchev–Trinajstić information content (AvgIpc) is 3.19. The van der Waals surface area contributed by atoms with Gasteiger partial charge in [0.05, 0.1) is 24.0 Å². The molecule has 7 heteroatoms. The van der Waals surface area contributed by atoms with Crippen molar-refractivity contribution in [3.8, 4) is 0 Å². The lowest BCUT2D eigenvalue weighted by Crippen LogP contribution is -2.59. The highest BCUT2D eigenvalue weighted by molar-refractivity contribution is 7.08. The van der Waals surface area contributed by atoms with Gasteiger partial charge in [-0.25, -0.2) is 4.98 Å². The number of H-pyrrole nitrogens is 1. The minimum Gasteiger partial charge on any atom is -0.348 e. The smallest absolute Gasteiger partial charge is 0.227 e. The summed E-state index contributed by atoms with van der Waals surface area (Å²) in [7, 11) is 0. The van der Waals surface area contributed by atoms with Crippen molar-refractivity contribution in [2.75, 3.05) is 19.6 Å². The van der Waals surface area contributed by atoms with Crippen molar-refractivity contribution in [2.45, 2.75) is 44.1 Å². The van der Waals surface area contributed by atoms with Crippen LogP contribution in [0.5, 0.6) is 0 Å². The number of thiophene rings is 1. The molecule has 1 spiro atoms. The summed E-state index contributed by atoms with van der Waals surface area (Å²) in [5.74, 6) is 0.684. The van der Waals surface area contributed by atoms with Gasteiger partial charge in [-0.3, -0.25) is 9.59 Å². The predicted molar refractivity (Wildman–Crippen MR) is 102 cm³/mol. The van der Waals surface area contributed by atoms with Crippen LogP contribution in [-0.4, -0.2) is 51.2 Å². The molecule has 5 rings (SSSR count). The van der Waals surface area contributed by atoms with Gasteiger partial charge in [-0.1, -0.05) is 0 Å². The molecule has 2 aromatic heterocycles. The topological polar surface area (TPSA) is 69.3 Å². The van der Waals surface area contributed by atoms with E-state index in [9.17, 15) is 9.59 Å². The first-order valence-electron chi connectivity index (χ1n) is 9.80. The molecule has 1 saturated carbocycles. The number of carbonyl (C=O) groups excluding carboxylic acids is 2. The lowest BCUT2D eigenvalue weighted by molar-refractivity contribution is -0.145. The standard InChI is InChI=1S/C20H24N4O2S/c25-17(11-14-4-10-27-12-14)23-8-5-20(6-9-23)18-16(21-13-22-18)3-7-24(20)19(26)15-1-2-15/h4,10,12-13,15H,1-3,5-9,11H2,(H,21,22). The fourth-order valence-corrected chi connectivity index (χ4v) is 5.33. The Bertz CT molecular complexity index is 847. The van der Waals surface area contributed by atoms with E-state index in [0.717, 1.165) is 55.6 Å². The number of likely N-dealkylation sites (tertiary alicyclic amines) is 1. The van der Waals surface area contributed by atoms with Crippen molar-refractivity contribution in [1.82, 2.24) is 19.8 Å². The van der Waals surface area contributed by atoms with Gasteiger partial charge in [0.25, 0.3) is 0 Å². The normalized spacial score (nSPS) is 21.3. The Morgan fingerprint density at radius 3 is 2.78 bits per heavy atom. The maximum absolute atomic E-state index is 13.0. The molecule has 2 fully saturated rings. The molecule has 0 unspecified atom stereocenters. The zero-order chi connectivity index (χ0) is 18.4. The molecule has 142 valence electrons. The molecule has 2 aliphatic heterocycles. The lowest BCUT2D eigenvalue weighted by Gasteiger charge is -2.50. The van der Waals surface area contributed by atoms with E-state index in [-0.39, 0.29) is 17.4 Å². The van der Waals surface area contributed by atoms with Crippen molar-refractivity contribution < 1.29 is 9.59 Å². The molecule has 0 aromatic carbocycles. The monoisotopic (exact) mass is 384 g/mol. The SMILES string of the molecule is O=C(Cc1ccsc1)N1CCC2(CC1)c1nc[nH]c1CCN2C(=O)C1CC1. The van der Waals surface area contributed by atoms with Crippen LogP contribution in [0.15, 0.2) is 23.2 Å². The molecule has 1 N–H and O–H groups in total. The number of fused-ring (bicyclic) bond motifs is 2. The Labute approximate surface area is 162 Å². The zero-order valence-electron chi connectivity index (χ0n) is 15.3. The van der Waals surface area contributed by atoms with Crippen molar-refractivity contribution >= 4 is 23.2 Å². The molecule has 2 amide bonds. The fourth-order valence-electron chi connectivity index (χ4n) is 4.66. The Kier molecular flexibility index (Phi) is 4.07. The molecule has 0 bridgehead atoms. The van der Waals surface area contributed by atoms with Crippen molar-refractivity contribution in [3.05, 3.63) is 40.1 Å². The van der Waals surface area contributed by atoms with Crippen LogP contribution in [0, 0.1) is 5.92 Å². The van der Waals surface area contributed by atoms with Crippen molar-refractivity contribution in [1.29, 1.82) is 0 Å². The molecule has 0 atom stereocenters. The summed E-state index contributed by atoms with van der Waals surface area (Å²) < 4.78 is 0. The van der Waals surface area contributed by atoms with Crippen LogP contribution in [0.1, 0.15) is 42.6 Å². The van der Waals surface area contributed by atoms with E-state index in [2.05, 4.69) is 14.9 Å². The first-order chi connectivity index (χ1) is 13.2. The second-order valence-electron chi connectivity index (χ2n) is 7.96. The molecule has 1 saturated heterocycles. The Morgan fingerprint density at radius 1 is 1.26 bits per heavy atom. The molecule has 0 radical (unpaired) electrons. The third-order valence-corrected chi connectivity index (χ3v) is 7.06. The summed E-state index contributed by atoms with van der Waals surface area (Å²) in [6.07, 6.45) is 6.66.